The number of ether oxygens (including phenoxy) is 1. The number of hydrogen-bond acceptors (Lipinski definition) is 5. The topological polar surface area (TPSA) is 83.8 Å². The first-order chi connectivity index (χ1) is 13.0. The molecule has 1 aliphatic carbocycles. The van der Waals surface area contributed by atoms with E-state index in [2.05, 4.69) is 11.7 Å². The van der Waals surface area contributed by atoms with Crippen LogP contribution in [0.15, 0.2) is 12.2 Å². The fourth-order valence-electron chi connectivity index (χ4n) is 3.97. The first kappa shape index (κ1) is 23.8. The molecule has 0 spiro atoms. The lowest BCUT2D eigenvalue weighted by atomic mass is 9.85. The van der Waals surface area contributed by atoms with Crippen molar-refractivity contribution in [3.05, 3.63) is 12.2 Å². The van der Waals surface area contributed by atoms with Gasteiger partial charge in [-0.25, -0.2) is 0 Å². The zero-order chi connectivity index (χ0) is 20.1. The highest BCUT2D eigenvalue weighted by Crippen LogP contribution is 2.38. The van der Waals surface area contributed by atoms with E-state index in [9.17, 15) is 19.8 Å². The van der Waals surface area contributed by atoms with Gasteiger partial charge in [0, 0.05) is 25.4 Å². The van der Waals surface area contributed by atoms with Crippen LogP contribution in [0.4, 0.5) is 0 Å². The number of esters is 1. The molecule has 27 heavy (non-hydrogen) atoms. The van der Waals surface area contributed by atoms with E-state index in [4.69, 9.17) is 0 Å². The van der Waals surface area contributed by atoms with E-state index in [0.717, 1.165) is 57.8 Å². The van der Waals surface area contributed by atoms with Crippen molar-refractivity contribution in [1.29, 1.82) is 0 Å². The Morgan fingerprint density at radius 1 is 1.22 bits per heavy atom. The van der Waals surface area contributed by atoms with Crippen LogP contribution in [-0.2, 0) is 14.3 Å². The van der Waals surface area contributed by atoms with Gasteiger partial charge in [0.05, 0.1) is 13.2 Å². The summed E-state index contributed by atoms with van der Waals surface area (Å²) in [6.07, 6.45) is 12.7. The van der Waals surface area contributed by atoms with Gasteiger partial charge in [0.2, 0.25) is 0 Å². The Morgan fingerprint density at radius 2 is 1.96 bits per heavy atom. The summed E-state index contributed by atoms with van der Waals surface area (Å²) in [6, 6.07) is 0. The van der Waals surface area contributed by atoms with E-state index < -0.39 is 6.10 Å². The third-order valence-electron chi connectivity index (χ3n) is 5.65. The summed E-state index contributed by atoms with van der Waals surface area (Å²) in [5, 5.41) is 19.7. The van der Waals surface area contributed by atoms with Crippen molar-refractivity contribution in [3.8, 4) is 0 Å². The van der Waals surface area contributed by atoms with Gasteiger partial charge in [-0.2, -0.15) is 0 Å². The van der Waals surface area contributed by atoms with Crippen molar-refractivity contribution in [2.45, 2.75) is 83.7 Å². The number of hydrogen-bond donors (Lipinski definition) is 2. The van der Waals surface area contributed by atoms with Crippen LogP contribution in [0.2, 0.25) is 0 Å². The third-order valence-corrected chi connectivity index (χ3v) is 5.65. The molecule has 1 rings (SSSR count). The van der Waals surface area contributed by atoms with Crippen molar-refractivity contribution < 1.29 is 24.5 Å². The molecule has 1 aliphatic rings. The maximum Gasteiger partial charge on any atom is 0.305 e. The van der Waals surface area contributed by atoms with E-state index in [0.29, 0.717) is 12.8 Å². The minimum Gasteiger partial charge on any atom is -0.469 e. The lowest BCUT2D eigenvalue weighted by Crippen LogP contribution is -2.18. The van der Waals surface area contributed by atoms with Crippen LogP contribution in [0.1, 0.15) is 77.6 Å². The Morgan fingerprint density at radius 3 is 2.63 bits per heavy atom. The van der Waals surface area contributed by atoms with Crippen molar-refractivity contribution in [2.24, 2.45) is 17.8 Å². The maximum absolute atomic E-state index is 12.4. The highest BCUT2D eigenvalue weighted by molar-refractivity contribution is 5.84. The highest BCUT2D eigenvalue weighted by atomic mass is 16.5. The molecule has 0 saturated heterocycles. The Balaban J connectivity index is 2.44. The van der Waals surface area contributed by atoms with E-state index in [-0.39, 0.29) is 36.1 Å². The van der Waals surface area contributed by atoms with Crippen molar-refractivity contribution >= 4 is 11.8 Å². The average Bonchev–Trinajstić information content (AvgIpc) is 2.97. The summed E-state index contributed by atoms with van der Waals surface area (Å²) < 4.78 is 4.63. The summed E-state index contributed by atoms with van der Waals surface area (Å²) in [5.41, 5.74) is 0. The number of unbranched alkanes of at least 4 members (excludes halogenated alkanes) is 5. The summed E-state index contributed by atoms with van der Waals surface area (Å²) in [5.74, 6) is 0.00865. The van der Waals surface area contributed by atoms with Gasteiger partial charge in [0.15, 0.2) is 0 Å². The fraction of sp³-hybridized carbons (Fsp3) is 0.818. The van der Waals surface area contributed by atoms with Gasteiger partial charge in [-0.1, -0.05) is 57.6 Å². The molecule has 4 unspecified atom stereocenters. The van der Waals surface area contributed by atoms with Gasteiger partial charge in [-0.3, -0.25) is 9.59 Å². The molecule has 0 radical (unpaired) electrons. The number of aliphatic hydroxyl groups is 2. The smallest absolute Gasteiger partial charge is 0.305 e. The maximum atomic E-state index is 12.4. The van der Waals surface area contributed by atoms with Gasteiger partial charge in [0.25, 0.3) is 0 Å². The minimum absolute atomic E-state index is 0.0162. The first-order valence-electron chi connectivity index (χ1n) is 10.6. The first-order valence-corrected chi connectivity index (χ1v) is 10.6. The van der Waals surface area contributed by atoms with E-state index in [1.54, 1.807) is 0 Å². The van der Waals surface area contributed by atoms with Gasteiger partial charge in [0.1, 0.15) is 5.78 Å². The molecule has 0 aromatic carbocycles. The average molecular weight is 383 g/mol. The molecule has 5 nitrogen and oxygen atoms in total. The lowest BCUT2D eigenvalue weighted by molar-refractivity contribution is -0.140. The molecule has 1 saturated carbocycles. The number of carbonyl (C=O) groups is 2. The standard InChI is InChI=1S/C22H38O5/c1-3-4-7-10-18(24)13-14-19-17(16-23)15-21(25)20(19)11-8-5-6-9-12-22(26)27-2/h13-14,17-20,23-24H,3-12,15-16H2,1-2H3. The van der Waals surface area contributed by atoms with Crippen LogP contribution in [-0.4, -0.2) is 41.8 Å². The van der Waals surface area contributed by atoms with E-state index in [1.807, 2.05) is 12.2 Å². The van der Waals surface area contributed by atoms with E-state index >= 15 is 0 Å². The number of Topliss-reactive ketones (excluding diaryl/α,β-unsaturated/α-hetero) is 1. The molecule has 0 amide bonds. The quantitative estimate of drug-likeness (QED) is 0.271. The fourth-order valence-corrected chi connectivity index (χ4v) is 3.97. The number of ketones is 1. The van der Waals surface area contributed by atoms with Crippen molar-refractivity contribution in [1.82, 2.24) is 0 Å². The second-order valence-electron chi connectivity index (χ2n) is 7.77. The Hall–Kier alpha value is -1.20. The van der Waals surface area contributed by atoms with Crippen molar-refractivity contribution in [2.75, 3.05) is 13.7 Å². The van der Waals surface area contributed by atoms with Gasteiger partial charge >= 0.3 is 5.97 Å². The number of methoxy groups -OCH3 is 1. The number of allylic oxidation sites excluding steroid dienone is 1. The molecule has 0 bridgehead atoms. The summed E-state index contributed by atoms with van der Waals surface area (Å²) in [7, 11) is 1.40. The Kier molecular flexibility index (Phi) is 12.3. The van der Waals surface area contributed by atoms with Crippen LogP contribution < -0.4 is 0 Å². The molecule has 0 heterocycles. The SMILES string of the molecule is CCCCCC(O)C=CC1C(CO)CC(=O)C1CCCCCCC(=O)OC. The van der Waals surface area contributed by atoms with Crippen LogP contribution in [0.5, 0.6) is 0 Å². The molecular formula is C22H38O5. The second-order valence-corrected chi connectivity index (χ2v) is 7.77. The molecule has 2 N–H and O–H groups in total. The molecule has 1 fully saturated rings. The van der Waals surface area contributed by atoms with Crippen molar-refractivity contribution in [3.63, 3.8) is 0 Å². The van der Waals surface area contributed by atoms with Gasteiger partial charge < -0.3 is 14.9 Å². The van der Waals surface area contributed by atoms with Gasteiger partial charge in [-0.05, 0) is 31.1 Å². The van der Waals surface area contributed by atoms with Crippen LogP contribution >= 0.6 is 0 Å². The molecule has 0 aromatic heterocycles. The predicted molar refractivity (Wildman–Crippen MR) is 106 cm³/mol. The summed E-state index contributed by atoms with van der Waals surface area (Å²) in [4.78, 5) is 23.5. The summed E-state index contributed by atoms with van der Waals surface area (Å²) >= 11 is 0. The van der Waals surface area contributed by atoms with Crippen LogP contribution in [0, 0.1) is 17.8 Å². The van der Waals surface area contributed by atoms with Gasteiger partial charge in [-0.15, -0.1) is 0 Å². The largest absolute Gasteiger partial charge is 0.469 e. The van der Waals surface area contributed by atoms with Crippen LogP contribution in [0.25, 0.3) is 0 Å². The second kappa shape index (κ2) is 13.9. The Bertz CT molecular complexity index is 460. The predicted octanol–water partition coefficient (Wildman–Crippen LogP) is 3.81. The Labute approximate surface area is 164 Å². The van der Waals surface area contributed by atoms with Crippen LogP contribution in [0.3, 0.4) is 0 Å². The number of rotatable bonds is 14. The molecular weight excluding hydrogens is 344 g/mol. The molecule has 5 heteroatoms. The lowest BCUT2D eigenvalue weighted by Gasteiger charge is -2.20. The monoisotopic (exact) mass is 382 g/mol. The molecule has 0 aliphatic heterocycles. The highest BCUT2D eigenvalue weighted by Gasteiger charge is 2.39. The number of aliphatic hydroxyl groups excluding tert-OH is 2. The molecule has 156 valence electrons. The number of carbonyl (C=O) groups excluding carboxylic acids is 2. The normalized spacial score (nSPS) is 23.9. The minimum atomic E-state index is -0.467. The third kappa shape index (κ3) is 9.02. The zero-order valence-corrected chi connectivity index (χ0v) is 17.1. The molecule has 4 atom stereocenters. The summed E-state index contributed by atoms with van der Waals surface area (Å²) in [6.45, 7) is 2.15. The molecule has 0 aromatic rings. The zero-order valence-electron chi connectivity index (χ0n) is 17.1. The van der Waals surface area contributed by atoms with E-state index in [1.165, 1.54) is 7.11 Å².